The standard InChI is InChI=1S/C9H6ClNO4S/c1-15-6-2-4-5(10)3-16-9(4)7(8(6)12)11(13)14/h2-3,12H,1H3. The molecule has 0 saturated carbocycles. The molecule has 0 saturated heterocycles. The van der Waals surface area contributed by atoms with Gasteiger partial charge in [0.25, 0.3) is 0 Å². The predicted molar refractivity (Wildman–Crippen MR) is 61.7 cm³/mol. The van der Waals surface area contributed by atoms with Crippen LogP contribution in [0.1, 0.15) is 0 Å². The number of nitro groups is 1. The van der Waals surface area contributed by atoms with Gasteiger partial charge in [0.05, 0.1) is 17.1 Å². The zero-order valence-corrected chi connectivity index (χ0v) is 9.63. The second-order valence-corrected chi connectivity index (χ2v) is 4.28. The normalized spacial score (nSPS) is 10.6. The molecule has 0 spiro atoms. The maximum absolute atomic E-state index is 10.9. The van der Waals surface area contributed by atoms with Crippen LogP contribution in [0.4, 0.5) is 5.69 Å². The molecule has 2 rings (SSSR count). The molecule has 2 aromatic rings. The number of methoxy groups -OCH3 is 1. The number of phenols is 1. The number of nitrogens with zero attached hydrogens (tertiary/aromatic N) is 1. The van der Waals surface area contributed by atoms with Crippen molar-refractivity contribution in [3.05, 3.63) is 26.6 Å². The van der Waals surface area contributed by atoms with Crippen LogP contribution in [0.25, 0.3) is 10.1 Å². The van der Waals surface area contributed by atoms with E-state index in [1.807, 2.05) is 0 Å². The van der Waals surface area contributed by atoms with E-state index in [0.717, 1.165) is 11.3 Å². The number of rotatable bonds is 2. The van der Waals surface area contributed by atoms with Crippen LogP contribution in [-0.4, -0.2) is 17.1 Å². The van der Waals surface area contributed by atoms with Crippen molar-refractivity contribution in [3.63, 3.8) is 0 Å². The van der Waals surface area contributed by atoms with Gasteiger partial charge in [0.1, 0.15) is 4.70 Å². The lowest BCUT2D eigenvalue weighted by atomic mass is 10.2. The van der Waals surface area contributed by atoms with E-state index in [9.17, 15) is 15.2 Å². The summed E-state index contributed by atoms with van der Waals surface area (Å²) in [4.78, 5) is 10.2. The van der Waals surface area contributed by atoms with E-state index < -0.39 is 10.7 Å². The Hall–Kier alpha value is -1.53. The molecule has 0 aliphatic heterocycles. The van der Waals surface area contributed by atoms with Gasteiger partial charge in [-0.2, -0.15) is 0 Å². The molecule has 1 N–H and O–H groups in total. The van der Waals surface area contributed by atoms with Crippen LogP contribution in [-0.2, 0) is 0 Å². The average molecular weight is 260 g/mol. The first-order chi connectivity index (χ1) is 7.56. The van der Waals surface area contributed by atoms with Gasteiger partial charge in [-0.25, -0.2) is 0 Å². The Bertz CT molecular complexity index is 580. The van der Waals surface area contributed by atoms with Gasteiger partial charge in [-0.05, 0) is 6.07 Å². The number of hydrogen-bond acceptors (Lipinski definition) is 5. The molecule has 0 bridgehead atoms. The maximum atomic E-state index is 10.9. The topological polar surface area (TPSA) is 72.6 Å². The number of halogens is 1. The molecule has 0 radical (unpaired) electrons. The Morgan fingerprint density at radius 1 is 1.62 bits per heavy atom. The Balaban J connectivity index is 2.92. The summed E-state index contributed by atoms with van der Waals surface area (Å²) < 4.78 is 5.20. The summed E-state index contributed by atoms with van der Waals surface area (Å²) in [5.74, 6) is -0.432. The van der Waals surface area contributed by atoms with E-state index in [1.165, 1.54) is 13.2 Å². The molecule has 5 nitrogen and oxygen atoms in total. The molecule has 0 amide bonds. The van der Waals surface area contributed by atoms with Gasteiger partial charge in [-0.3, -0.25) is 10.1 Å². The molecule has 7 heteroatoms. The van der Waals surface area contributed by atoms with Gasteiger partial charge in [-0.1, -0.05) is 11.6 Å². The van der Waals surface area contributed by atoms with Crippen molar-refractivity contribution < 1.29 is 14.8 Å². The molecule has 1 heterocycles. The molecule has 1 aromatic heterocycles. The van der Waals surface area contributed by atoms with Crippen LogP contribution in [0, 0.1) is 10.1 Å². The van der Waals surface area contributed by atoms with Gasteiger partial charge in [0, 0.05) is 10.8 Å². The summed E-state index contributed by atoms with van der Waals surface area (Å²) in [7, 11) is 1.32. The summed E-state index contributed by atoms with van der Waals surface area (Å²) in [6, 6.07) is 1.48. The molecule has 0 fully saturated rings. The van der Waals surface area contributed by atoms with E-state index in [4.69, 9.17) is 16.3 Å². The maximum Gasteiger partial charge on any atom is 0.332 e. The van der Waals surface area contributed by atoms with Crippen molar-refractivity contribution in [2.24, 2.45) is 0 Å². The minimum Gasteiger partial charge on any atom is -0.499 e. The van der Waals surface area contributed by atoms with E-state index in [2.05, 4.69) is 0 Å². The minimum absolute atomic E-state index is 0.0412. The minimum atomic E-state index is -0.646. The number of fused-ring (bicyclic) bond motifs is 1. The van der Waals surface area contributed by atoms with Crippen LogP contribution in [0.15, 0.2) is 11.4 Å². The Labute approximate surface area is 99.0 Å². The zero-order chi connectivity index (χ0) is 11.9. The van der Waals surface area contributed by atoms with Crippen molar-refractivity contribution in [1.29, 1.82) is 0 Å². The molecule has 84 valence electrons. The summed E-state index contributed by atoms with van der Waals surface area (Å²) in [5, 5.41) is 23.0. The number of thiophene rings is 1. The number of phenolic OH excluding ortho intramolecular Hbond substituents is 1. The van der Waals surface area contributed by atoms with Gasteiger partial charge in [-0.15, -0.1) is 11.3 Å². The second-order valence-electron chi connectivity index (χ2n) is 2.99. The van der Waals surface area contributed by atoms with Crippen molar-refractivity contribution in [2.75, 3.05) is 7.11 Å². The van der Waals surface area contributed by atoms with Gasteiger partial charge < -0.3 is 9.84 Å². The summed E-state index contributed by atoms with van der Waals surface area (Å²) in [5.41, 5.74) is -0.369. The highest BCUT2D eigenvalue weighted by molar-refractivity contribution is 7.18. The number of ether oxygens (including phenoxy) is 1. The third-order valence-corrected chi connectivity index (χ3v) is 3.58. The van der Waals surface area contributed by atoms with Crippen molar-refractivity contribution >= 4 is 38.7 Å². The number of nitro benzene ring substituents is 1. The van der Waals surface area contributed by atoms with Crippen LogP contribution in [0.3, 0.4) is 0 Å². The number of hydrogen-bond donors (Lipinski definition) is 1. The first-order valence-electron chi connectivity index (χ1n) is 4.17. The average Bonchev–Trinajstić information content (AvgIpc) is 2.58. The third kappa shape index (κ3) is 1.46. The van der Waals surface area contributed by atoms with Gasteiger partial charge in [0.15, 0.2) is 5.75 Å². The Morgan fingerprint density at radius 3 is 2.88 bits per heavy atom. The van der Waals surface area contributed by atoms with Crippen molar-refractivity contribution in [3.8, 4) is 11.5 Å². The van der Waals surface area contributed by atoms with E-state index in [-0.39, 0.29) is 11.4 Å². The van der Waals surface area contributed by atoms with Crippen LogP contribution < -0.4 is 4.74 Å². The third-order valence-electron chi connectivity index (χ3n) is 2.13. The largest absolute Gasteiger partial charge is 0.499 e. The monoisotopic (exact) mass is 259 g/mol. The van der Waals surface area contributed by atoms with Gasteiger partial charge in [0.2, 0.25) is 5.75 Å². The van der Waals surface area contributed by atoms with Crippen LogP contribution in [0.5, 0.6) is 11.5 Å². The fourth-order valence-electron chi connectivity index (χ4n) is 1.41. The number of aromatic hydroxyl groups is 1. The molecule has 16 heavy (non-hydrogen) atoms. The fraction of sp³-hybridized carbons (Fsp3) is 0.111. The zero-order valence-electron chi connectivity index (χ0n) is 8.06. The van der Waals surface area contributed by atoms with E-state index >= 15 is 0 Å². The lowest BCUT2D eigenvalue weighted by Gasteiger charge is -2.04. The highest BCUT2D eigenvalue weighted by Crippen LogP contribution is 2.46. The first-order valence-corrected chi connectivity index (χ1v) is 5.43. The highest BCUT2D eigenvalue weighted by Gasteiger charge is 2.25. The molecule has 1 aromatic carbocycles. The quantitative estimate of drug-likeness (QED) is 0.664. The molecule has 0 aliphatic rings. The highest BCUT2D eigenvalue weighted by atomic mass is 35.5. The molecular weight excluding hydrogens is 254 g/mol. The second kappa shape index (κ2) is 3.80. The summed E-state index contributed by atoms with van der Waals surface area (Å²) >= 11 is 6.99. The Morgan fingerprint density at radius 2 is 2.31 bits per heavy atom. The van der Waals surface area contributed by atoms with Gasteiger partial charge >= 0.3 is 5.69 Å². The predicted octanol–water partition coefficient (Wildman–Crippen LogP) is 3.18. The lowest BCUT2D eigenvalue weighted by Crippen LogP contribution is -1.92. The van der Waals surface area contributed by atoms with Crippen molar-refractivity contribution in [1.82, 2.24) is 0 Å². The molecule has 0 atom stereocenters. The molecular formula is C9H6ClNO4S. The Kier molecular flexibility index (Phi) is 2.61. The van der Waals surface area contributed by atoms with Crippen molar-refractivity contribution in [2.45, 2.75) is 0 Å². The smallest absolute Gasteiger partial charge is 0.332 e. The van der Waals surface area contributed by atoms with Crippen LogP contribution in [0.2, 0.25) is 5.02 Å². The SMILES string of the molecule is COc1cc2c(Cl)csc2c([N+](=O)[O-])c1O. The number of benzene rings is 1. The fourth-order valence-corrected chi connectivity index (χ4v) is 2.68. The van der Waals surface area contributed by atoms with E-state index in [0.29, 0.717) is 15.1 Å². The summed E-state index contributed by atoms with van der Waals surface area (Å²) in [6.07, 6.45) is 0. The first kappa shape index (κ1) is 11.0. The summed E-state index contributed by atoms with van der Waals surface area (Å²) in [6.45, 7) is 0. The lowest BCUT2D eigenvalue weighted by molar-refractivity contribution is -0.383. The van der Waals surface area contributed by atoms with Crippen LogP contribution >= 0.6 is 22.9 Å². The van der Waals surface area contributed by atoms with E-state index in [1.54, 1.807) is 5.38 Å². The molecule has 0 unspecified atom stereocenters. The molecule has 0 aliphatic carbocycles.